The van der Waals surface area contributed by atoms with E-state index in [1.165, 1.54) is 19.3 Å². The lowest BCUT2D eigenvalue weighted by Crippen LogP contribution is -2.37. The van der Waals surface area contributed by atoms with Gasteiger partial charge in [-0.3, -0.25) is 9.78 Å². The van der Waals surface area contributed by atoms with E-state index in [0.29, 0.717) is 17.1 Å². The van der Waals surface area contributed by atoms with Crippen LogP contribution in [0.1, 0.15) is 48.3 Å². The van der Waals surface area contributed by atoms with E-state index in [9.17, 15) is 4.79 Å². The van der Waals surface area contributed by atoms with Crippen LogP contribution in [0.2, 0.25) is 0 Å². The van der Waals surface area contributed by atoms with Crippen molar-refractivity contribution in [3.05, 3.63) is 30.1 Å². The van der Waals surface area contributed by atoms with Gasteiger partial charge in [0.15, 0.2) is 0 Å². The quantitative estimate of drug-likeness (QED) is 0.943. The molecule has 0 saturated heterocycles. The standard InChI is InChI=1S/C16H21N5O/c1-11-15(16(22)19-12-6-4-3-5-7-12)20-13(8-18-11)14-9-17-10-21(14)2/h8-10,12H,3-7H2,1-2H3,(H,19,22). The summed E-state index contributed by atoms with van der Waals surface area (Å²) in [6, 6.07) is 0.266. The van der Waals surface area contributed by atoms with Crippen molar-refractivity contribution in [2.45, 2.75) is 45.1 Å². The number of nitrogens with one attached hydrogen (secondary N) is 1. The summed E-state index contributed by atoms with van der Waals surface area (Å²) in [6.07, 6.45) is 10.9. The fraction of sp³-hybridized carbons (Fsp3) is 0.500. The van der Waals surface area contributed by atoms with Gasteiger partial charge in [-0.05, 0) is 19.8 Å². The average molecular weight is 299 g/mol. The minimum absolute atomic E-state index is 0.124. The number of hydrogen-bond donors (Lipinski definition) is 1. The van der Waals surface area contributed by atoms with E-state index in [1.54, 1.807) is 18.7 Å². The maximum atomic E-state index is 12.5. The zero-order chi connectivity index (χ0) is 15.5. The molecule has 6 nitrogen and oxygen atoms in total. The van der Waals surface area contributed by atoms with E-state index in [0.717, 1.165) is 18.5 Å². The van der Waals surface area contributed by atoms with Gasteiger partial charge >= 0.3 is 0 Å². The Morgan fingerprint density at radius 2 is 2.05 bits per heavy atom. The second-order valence-corrected chi connectivity index (χ2v) is 5.89. The summed E-state index contributed by atoms with van der Waals surface area (Å²) in [4.78, 5) is 25.4. The van der Waals surface area contributed by atoms with Crippen LogP contribution in [-0.4, -0.2) is 31.5 Å². The van der Waals surface area contributed by atoms with Crippen LogP contribution < -0.4 is 5.32 Å². The molecular formula is C16H21N5O. The van der Waals surface area contributed by atoms with Gasteiger partial charge in [-0.1, -0.05) is 19.3 Å². The van der Waals surface area contributed by atoms with Crippen LogP contribution in [0.3, 0.4) is 0 Å². The zero-order valence-corrected chi connectivity index (χ0v) is 13.0. The van der Waals surface area contributed by atoms with Gasteiger partial charge in [0, 0.05) is 13.1 Å². The minimum Gasteiger partial charge on any atom is -0.348 e. The Morgan fingerprint density at radius 3 is 2.73 bits per heavy atom. The predicted molar refractivity (Wildman–Crippen MR) is 83.3 cm³/mol. The van der Waals surface area contributed by atoms with Gasteiger partial charge < -0.3 is 9.88 Å². The van der Waals surface area contributed by atoms with Crippen molar-refractivity contribution in [3.63, 3.8) is 0 Å². The SMILES string of the molecule is Cc1ncc(-c2cncn2C)nc1C(=O)NC1CCCCC1. The highest BCUT2D eigenvalue weighted by atomic mass is 16.2. The third-order valence-corrected chi connectivity index (χ3v) is 4.19. The van der Waals surface area contributed by atoms with E-state index >= 15 is 0 Å². The van der Waals surface area contributed by atoms with E-state index < -0.39 is 0 Å². The molecule has 3 rings (SSSR count). The van der Waals surface area contributed by atoms with Crippen LogP contribution in [0.5, 0.6) is 0 Å². The van der Waals surface area contributed by atoms with E-state index in [1.807, 2.05) is 18.5 Å². The number of carbonyl (C=O) groups excluding carboxylic acids is 1. The monoisotopic (exact) mass is 299 g/mol. The van der Waals surface area contributed by atoms with Crippen molar-refractivity contribution < 1.29 is 4.79 Å². The summed E-state index contributed by atoms with van der Waals surface area (Å²) in [5.41, 5.74) is 2.57. The highest BCUT2D eigenvalue weighted by Crippen LogP contribution is 2.19. The fourth-order valence-electron chi connectivity index (χ4n) is 2.89. The third-order valence-electron chi connectivity index (χ3n) is 4.19. The van der Waals surface area contributed by atoms with Crippen LogP contribution in [-0.2, 0) is 7.05 Å². The maximum Gasteiger partial charge on any atom is 0.272 e. The summed E-state index contributed by atoms with van der Waals surface area (Å²) in [5, 5.41) is 3.10. The molecule has 1 aliphatic carbocycles. The molecule has 2 aromatic rings. The van der Waals surface area contributed by atoms with Crippen LogP contribution in [0, 0.1) is 6.92 Å². The third kappa shape index (κ3) is 3.00. The molecule has 1 amide bonds. The van der Waals surface area contributed by atoms with Gasteiger partial charge in [0.05, 0.1) is 30.1 Å². The molecule has 1 N–H and O–H groups in total. The molecule has 116 valence electrons. The molecule has 1 aliphatic rings. The predicted octanol–water partition coefficient (Wildman–Crippen LogP) is 2.25. The summed E-state index contributed by atoms with van der Waals surface area (Å²) < 4.78 is 1.86. The Bertz CT molecular complexity index is 673. The first-order valence-electron chi connectivity index (χ1n) is 7.76. The normalized spacial score (nSPS) is 15.7. The Kier molecular flexibility index (Phi) is 4.18. The second-order valence-electron chi connectivity index (χ2n) is 5.89. The minimum atomic E-state index is -0.124. The van der Waals surface area contributed by atoms with Gasteiger partial charge in [-0.2, -0.15) is 0 Å². The van der Waals surface area contributed by atoms with Crippen molar-refractivity contribution in [3.8, 4) is 11.4 Å². The number of aromatic nitrogens is 4. The molecule has 0 radical (unpaired) electrons. The molecule has 1 saturated carbocycles. The lowest BCUT2D eigenvalue weighted by molar-refractivity contribution is 0.0921. The second kappa shape index (κ2) is 6.25. The number of aryl methyl sites for hydroxylation is 2. The Labute approximate surface area is 130 Å². The number of amides is 1. The zero-order valence-electron chi connectivity index (χ0n) is 13.0. The van der Waals surface area contributed by atoms with Crippen molar-refractivity contribution in [2.24, 2.45) is 7.05 Å². The number of hydrogen-bond acceptors (Lipinski definition) is 4. The molecule has 0 atom stereocenters. The topological polar surface area (TPSA) is 72.7 Å². The largest absolute Gasteiger partial charge is 0.348 e. The molecule has 0 unspecified atom stereocenters. The van der Waals surface area contributed by atoms with Gasteiger partial charge in [0.1, 0.15) is 11.4 Å². The smallest absolute Gasteiger partial charge is 0.272 e. The Hall–Kier alpha value is -2.24. The van der Waals surface area contributed by atoms with E-state index in [-0.39, 0.29) is 11.9 Å². The van der Waals surface area contributed by atoms with Crippen LogP contribution in [0.4, 0.5) is 0 Å². The summed E-state index contributed by atoms with van der Waals surface area (Å²) >= 11 is 0. The van der Waals surface area contributed by atoms with Gasteiger partial charge in [-0.25, -0.2) is 9.97 Å². The molecule has 0 bridgehead atoms. The molecule has 1 fully saturated rings. The maximum absolute atomic E-state index is 12.5. The summed E-state index contributed by atoms with van der Waals surface area (Å²) in [5.74, 6) is -0.124. The van der Waals surface area contributed by atoms with Gasteiger partial charge in [0.25, 0.3) is 5.91 Å². The van der Waals surface area contributed by atoms with Crippen LogP contribution >= 0.6 is 0 Å². The summed E-state index contributed by atoms with van der Waals surface area (Å²) in [7, 11) is 1.89. The van der Waals surface area contributed by atoms with Crippen LogP contribution in [0.15, 0.2) is 18.7 Å². The Morgan fingerprint density at radius 1 is 1.27 bits per heavy atom. The number of carbonyl (C=O) groups is 1. The number of rotatable bonds is 3. The molecule has 2 aromatic heterocycles. The summed E-state index contributed by atoms with van der Waals surface area (Å²) in [6.45, 7) is 1.82. The highest BCUT2D eigenvalue weighted by Gasteiger charge is 2.20. The van der Waals surface area contributed by atoms with Crippen molar-refractivity contribution >= 4 is 5.91 Å². The Balaban J connectivity index is 1.83. The molecular weight excluding hydrogens is 278 g/mol. The molecule has 22 heavy (non-hydrogen) atoms. The molecule has 2 heterocycles. The van der Waals surface area contributed by atoms with Crippen molar-refractivity contribution in [1.82, 2.24) is 24.8 Å². The van der Waals surface area contributed by atoms with E-state index in [4.69, 9.17) is 0 Å². The first-order valence-corrected chi connectivity index (χ1v) is 7.76. The molecule has 0 spiro atoms. The average Bonchev–Trinajstić information content (AvgIpc) is 2.95. The lowest BCUT2D eigenvalue weighted by Gasteiger charge is -2.22. The fourth-order valence-corrected chi connectivity index (χ4v) is 2.89. The van der Waals surface area contributed by atoms with Crippen molar-refractivity contribution in [1.29, 1.82) is 0 Å². The van der Waals surface area contributed by atoms with Gasteiger partial charge in [0.2, 0.25) is 0 Å². The molecule has 0 aromatic carbocycles. The number of imidazole rings is 1. The lowest BCUT2D eigenvalue weighted by atomic mass is 9.95. The van der Waals surface area contributed by atoms with Crippen molar-refractivity contribution in [2.75, 3.05) is 0 Å². The van der Waals surface area contributed by atoms with Gasteiger partial charge in [-0.15, -0.1) is 0 Å². The van der Waals surface area contributed by atoms with E-state index in [2.05, 4.69) is 20.3 Å². The molecule has 6 heteroatoms. The highest BCUT2D eigenvalue weighted by molar-refractivity contribution is 5.93. The first-order chi connectivity index (χ1) is 10.6. The molecule has 0 aliphatic heterocycles. The first kappa shape index (κ1) is 14.7. The van der Waals surface area contributed by atoms with Crippen LogP contribution in [0.25, 0.3) is 11.4 Å². The number of nitrogens with zero attached hydrogens (tertiary/aromatic N) is 4.